The molecular weight excluding hydrogens is 290 g/mol. The molecule has 3 rings (SSSR count). The standard InChI is InChI=1S/C14H9Cl2FS/c15-9-2-1-8-5-12(16)11-4-3-10(17)7-14(11)18-13(8)6-9/h1-4,6-7,12H,5H2. The van der Waals surface area contributed by atoms with Crippen molar-refractivity contribution < 1.29 is 4.39 Å². The van der Waals surface area contributed by atoms with Crippen molar-refractivity contribution in [1.29, 1.82) is 0 Å². The number of alkyl halides is 1. The summed E-state index contributed by atoms with van der Waals surface area (Å²) in [6.07, 6.45) is 0.736. The van der Waals surface area contributed by atoms with Crippen molar-refractivity contribution in [2.75, 3.05) is 0 Å². The van der Waals surface area contributed by atoms with Crippen LogP contribution in [0.1, 0.15) is 16.5 Å². The van der Waals surface area contributed by atoms with Crippen LogP contribution in [0.2, 0.25) is 5.02 Å². The van der Waals surface area contributed by atoms with E-state index in [-0.39, 0.29) is 11.2 Å². The Kier molecular flexibility index (Phi) is 3.27. The highest BCUT2D eigenvalue weighted by Gasteiger charge is 2.21. The first-order chi connectivity index (χ1) is 8.63. The van der Waals surface area contributed by atoms with Gasteiger partial charge in [-0.3, -0.25) is 0 Å². The van der Waals surface area contributed by atoms with Crippen LogP contribution in [0.15, 0.2) is 46.2 Å². The highest BCUT2D eigenvalue weighted by Crippen LogP contribution is 2.43. The maximum atomic E-state index is 13.3. The minimum absolute atomic E-state index is 0.129. The zero-order valence-corrected chi connectivity index (χ0v) is 11.6. The quantitative estimate of drug-likeness (QED) is 0.581. The van der Waals surface area contributed by atoms with Gasteiger partial charge >= 0.3 is 0 Å². The number of hydrogen-bond donors (Lipinski definition) is 0. The summed E-state index contributed by atoms with van der Waals surface area (Å²) in [7, 11) is 0. The van der Waals surface area contributed by atoms with E-state index in [1.165, 1.54) is 23.9 Å². The Labute approximate surface area is 119 Å². The summed E-state index contributed by atoms with van der Waals surface area (Å²) in [6, 6.07) is 10.5. The molecule has 0 nitrogen and oxygen atoms in total. The summed E-state index contributed by atoms with van der Waals surface area (Å²) in [5, 5.41) is 0.558. The zero-order chi connectivity index (χ0) is 12.7. The molecule has 1 atom stereocenters. The van der Waals surface area contributed by atoms with E-state index in [2.05, 4.69) is 0 Å². The van der Waals surface area contributed by atoms with Gasteiger partial charge in [0.05, 0.1) is 5.38 Å². The van der Waals surface area contributed by atoms with Crippen LogP contribution in [0.3, 0.4) is 0 Å². The molecule has 2 aromatic rings. The highest BCUT2D eigenvalue weighted by atomic mass is 35.5. The van der Waals surface area contributed by atoms with E-state index < -0.39 is 0 Å². The fraction of sp³-hybridized carbons (Fsp3) is 0.143. The summed E-state index contributed by atoms with van der Waals surface area (Å²) in [4.78, 5) is 1.92. The molecule has 1 aliphatic rings. The molecule has 0 aromatic heterocycles. The first-order valence-electron chi connectivity index (χ1n) is 5.53. The van der Waals surface area contributed by atoms with Crippen molar-refractivity contribution in [1.82, 2.24) is 0 Å². The zero-order valence-electron chi connectivity index (χ0n) is 9.29. The van der Waals surface area contributed by atoms with Crippen LogP contribution in [-0.4, -0.2) is 0 Å². The third-order valence-electron chi connectivity index (χ3n) is 2.96. The Bertz CT molecular complexity index is 613. The molecule has 0 saturated carbocycles. The molecule has 18 heavy (non-hydrogen) atoms. The molecule has 92 valence electrons. The molecule has 0 radical (unpaired) electrons. The summed E-state index contributed by atoms with van der Waals surface area (Å²) >= 11 is 13.9. The van der Waals surface area contributed by atoms with Gasteiger partial charge in [-0.25, -0.2) is 4.39 Å². The molecule has 0 aliphatic carbocycles. The van der Waals surface area contributed by atoms with Gasteiger partial charge in [-0.1, -0.05) is 35.5 Å². The molecule has 0 amide bonds. The number of rotatable bonds is 0. The van der Waals surface area contributed by atoms with E-state index in [0.29, 0.717) is 5.02 Å². The molecule has 1 heterocycles. The molecule has 0 fully saturated rings. The van der Waals surface area contributed by atoms with Crippen LogP contribution in [0, 0.1) is 5.82 Å². The molecule has 2 aromatic carbocycles. The van der Waals surface area contributed by atoms with Crippen LogP contribution < -0.4 is 0 Å². The van der Waals surface area contributed by atoms with Crippen LogP contribution in [0.25, 0.3) is 0 Å². The second-order valence-electron chi connectivity index (χ2n) is 4.21. The van der Waals surface area contributed by atoms with Gasteiger partial charge in [0, 0.05) is 14.8 Å². The normalized spacial score (nSPS) is 17.8. The van der Waals surface area contributed by atoms with Crippen LogP contribution in [0.5, 0.6) is 0 Å². The largest absolute Gasteiger partial charge is 0.207 e. The monoisotopic (exact) mass is 298 g/mol. The summed E-state index contributed by atoms with van der Waals surface area (Å²) < 4.78 is 13.3. The number of hydrogen-bond acceptors (Lipinski definition) is 1. The molecule has 1 unspecified atom stereocenters. The molecule has 0 spiro atoms. The topological polar surface area (TPSA) is 0 Å². The van der Waals surface area contributed by atoms with Gasteiger partial charge in [-0.15, -0.1) is 11.6 Å². The molecular formula is C14H9Cl2FS. The lowest BCUT2D eigenvalue weighted by Gasteiger charge is -2.09. The molecule has 1 aliphatic heterocycles. The maximum Gasteiger partial charge on any atom is 0.124 e. The van der Waals surface area contributed by atoms with Crippen molar-refractivity contribution >= 4 is 35.0 Å². The van der Waals surface area contributed by atoms with Crippen molar-refractivity contribution in [3.05, 3.63) is 58.4 Å². The summed E-state index contributed by atoms with van der Waals surface area (Å²) in [6.45, 7) is 0. The molecule has 0 N–H and O–H groups in total. The smallest absolute Gasteiger partial charge is 0.124 e. The first-order valence-corrected chi connectivity index (χ1v) is 7.16. The van der Waals surface area contributed by atoms with Gasteiger partial charge in [0.2, 0.25) is 0 Å². The van der Waals surface area contributed by atoms with Gasteiger partial charge < -0.3 is 0 Å². The Morgan fingerprint density at radius 3 is 2.78 bits per heavy atom. The van der Waals surface area contributed by atoms with E-state index in [1.807, 2.05) is 18.2 Å². The van der Waals surface area contributed by atoms with E-state index in [0.717, 1.165) is 27.3 Å². The minimum Gasteiger partial charge on any atom is -0.207 e. The lowest BCUT2D eigenvalue weighted by molar-refractivity contribution is 0.622. The van der Waals surface area contributed by atoms with Gasteiger partial charge in [0.15, 0.2) is 0 Å². The predicted octanol–water partition coefficient (Wildman–Crippen LogP) is 5.47. The fourth-order valence-corrected chi connectivity index (χ4v) is 3.93. The summed E-state index contributed by atoms with van der Waals surface area (Å²) in [5.41, 5.74) is 2.14. The van der Waals surface area contributed by atoms with E-state index in [4.69, 9.17) is 23.2 Å². The minimum atomic E-state index is -0.240. The molecule has 0 bridgehead atoms. The third kappa shape index (κ3) is 2.25. The Balaban J connectivity index is 2.15. The second-order valence-corrected chi connectivity index (χ2v) is 6.25. The maximum absolute atomic E-state index is 13.3. The van der Waals surface area contributed by atoms with Crippen molar-refractivity contribution in [2.45, 2.75) is 21.6 Å². The molecule has 4 heteroatoms. The van der Waals surface area contributed by atoms with E-state index in [9.17, 15) is 4.39 Å². The van der Waals surface area contributed by atoms with Gasteiger partial charge in [0.25, 0.3) is 0 Å². The number of benzene rings is 2. The van der Waals surface area contributed by atoms with Crippen LogP contribution in [-0.2, 0) is 6.42 Å². The predicted molar refractivity (Wildman–Crippen MR) is 74.3 cm³/mol. The highest BCUT2D eigenvalue weighted by molar-refractivity contribution is 7.99. The fourth-order valence-electron chi connectivity index (χ4n) is 2.07. The van der Waals surface area contributed by atoms with Gasteiger partial charge in [-0.05, 0) is 41.8 Å². The second kappa shape index (κ2) is 4.76. The van der Waals surface area contributed by atoms with E-state index in [1.54, 1.807) is 6.07 Å². The van der Waals surface area contributed by atoms with Crippen molar-refractivity contribution in [3.8, 4) is 0 Å². The average molecular weight is 299 g/mol. The molecule has 0 saturated heterocycles. The number of fused-ring (bicyclic) bond motifs is 2. The van der Waals surface area contributed by atoms with Crippen molar-refractivity contribution in [2.24, 2.45) is 0 Å². The Morgan fingerprint density at radius 1 is 1.11 bits per heavy atom. The van der Waals surface area contributed by atoms with Crippen LogP contribution >= 0.6 is 35.0 Å². The Hall–Kier alpha value is -0.700. The van der Waals surface area contributed by atoms with Gasteiger partial charge in [0.1, 0.15) is 5.82 Å². The lowest BCUT2D eigenvalue weighted by Crippen LogP contribution is -1.95. The average Bonchev–Trinajstić information content (AvgIpc) is 2.44. The summed E-state index contributed by atoms with van der Waals surface area (Å²) in [5.74, 6) is -0.240. The van der Waals surface area contributed by atoms with E-state index >= 15 is 0 Å². The van der Waals surface area contributed by atoms with Crippen molar-refractivity contribution in [3.63, 3.8) is 0 Å². The number of halogens is 3. The SMILES string of the molecule is Fc1ccc2c(c1)Sc1cc(Cl)ccc1CC2Cl. The first kappa shape index (κ1) is 12.3. The van der Waals surface area contributed by atoms with Gasteiger partial charge in [-0.2, -0.15) is 0 Å². The Morgan fingerprint density at radius 2 is 1.94 bits per heavy atom. The third-order valence-corrected chi connectivity index (χ3v) is 4.76. The van der Waals surface area contributed by atoms with Crippen LogP contribution in [0.4, 0.5) is 4.39 Å². The lowest BCUT2D eigenvalue weighted by atomic mass is 10.0.